The van der Waals surface area contributed by atoms with Crippen LogP contribution in [0, 0.1) is 13.8 Å². The molecule has 0 aliphatic carbocycles. The summed E-state index contributed by atoms with van der Waals surface area (Å²) in [6.45, 7) is 3.66. The van der Waals surface area contributed by atoms with Crippen LogP contribution in [0.25, 0.3) is 0 Å². The molecule has 0 unspecified atom stereocenters. The van der Waals surface area contributed by atoms with E-state index in [-0.39, 0.29) is 5.56 Å². The maximum Gasteiger partial charge on any atom is 0.433 e. The summed E-state index contributed by atoms with van der Waals surface area (Å²) in [4.78, 5) is 15.1. The molecule has 21 heavy (non-hydrogen) atoms. The summed E-state index contributed by atoms with van der Waals surface area (Å²) in [5.41, 5.74) is 0.659. The third kappa shape index (κ3) is 3.39. The van der Waals surface area contributed by atoms with Crippen LogP contribution >= 0.6 is 0 Å². The van der Waals surface area contributed by atoms with E-state index < -0.39 is 17.8 Å². The van der Waals surface area contributed by atoms with Gasteiger partial charge in [0.15, 0.2) is 0 Å². The highest BCUT2D eigenvalue weighted by Crippen LogP contribution is 2.27. The number of benzene rings is 1. The molecule has 0 spiro atoms. The molecule has 0 N–H and O–H groups in total. The van der Waals surface area contributed by atoms with Gasteiger partial charge in [0.05, 0.1) is 5.56 Å². The Kier molecular flexibility index (Phi) is 3.97. The van der Waals surface area contributed by atoms with Crippen LogP contribution in [-0.2, 0) is 6.18 Å². The van der Waals surface area contributed by atoms with Gasteiger partial charge in [0.2, 0.25) is 0 Å². The smallest absolute Gasteiger partial charge is 0.423 e. The number of halogens is 3. The number of ether oxygens (including phenoxy) is 1. The monoisotopic (exact) mass is 295 g/mol. The highest BCUT2D eigenvalue weighted by Gasteiger charge is 2.32. The van der Waals surface area contributed by atoms with Crippen molar-refractivity contribution < 1.29 is 22.7 Å². The van der Waals surface area contributed by atoms with Gasteiger partial charge in [0.25, 0.3) is 0 Å². The molecule has 1 heterocycles. The minimum atomic E-state index is -4.53. The van der Waals surface area contributed by atoms with Gasteiger partial charge in [-0.2, -0.15) is 13.2 Å². The van der Waals surface area contributed by atoms with Gasteiger partial charge in [-0.25, -0.2) is 4.79 Å². The second-order valence-electron chi connectivity index (χ2n) is 4.52. The molecule has 1 aromatic heterocycles. The lowest BCUT2D eigenvalue weighted by Crippen LogP contribution is -2.12. The first-order valence-corrected chi connectivity index (χ1v) is 6.10. The van der Waals surface area contributed by atoms with Crippen LogP contribution in [0.1, 0.15) is 27.2 Å². The largest absolute Gasteiger partial charge is 0.433 e. The average Bonchev–Trinajstić information content (AvgIpc) is 2.43. The standard InChI is InChI=1S/C15H12F3NO2/c1-9-4-3-5-12(10(9)2)21-14(20)11-6-7-13(19-8-11)15(16,17)18/h3-8H,1-2H3. The van der Waals surface area contributed by atoms with Crippen molar-refractivity contribution in [1.82, 2.24) is 4.98 Å². The summed E-state index contributed by atoms with van der Waals surface area (Å²) in [5.74, 6) is -0.371. The topological polar surface area (TPSA) is 39.2 Å². The zero-order valence-corrected chi connectivity index (χ0v) is 11.4. The van der Waals surface area contributed by atoms with Gasteiger partial charge in [-0.05, 0) is 43.2 Å². The van der Waals surface area contributed by atoms with E-state index in [1.165, 1.54) is 0 Å². The second kappa shape index (κ2) is 5.55. The Morgan fingerprint density at radius 2 is 1.86 bits per heavy atom. The van der Waals surface area contributed by atoms with Crippen molar-refractivity contribution in [1.29, 1.82) is 0 Å². The van der Waals surface area contributed by atoms with E-state index in [2.05, 4.69) is 4.98 Å². The Morgan fingerprint density at radius 3 is 2.43 bits per heavy atom. The molecule has 2 aromatic rings. The van der Waals surface area contributed by atoms with E-state index in [0.29, 0.717) is 5.75 Å². The van der Waals surface area contributed by atoms with E-state index in [4.69, 9.17) is 4.74 Å². The molecule has 110 valence electrons. The van der Waals surface area contributed by atoms with Crippen LogP contribution in [-0.4, -0.2) is 11.0 Å². The maximum absolute atomic E-state index is 12.4. The van der Waals surface area contributed by atoms with E-state index in [1.807, 2.05) is 13.0 Å². The Morgan fingerprint density at radius 1 is 1.14 bits per heavy atom. The summed E-state index contributed by atoms with van der Waals surface area (Å²) in [6, 6.07) is 7.02. The summed E-state index contributed by atoms with van der Waals surface area (Å²) >= 11 is 0. The lowest BCUT2D eigenvalue weighted by Gasteiger charge is -2.10. The maximum atomic E-state index is 12.4. The number of rotatable bonds is 2. The quantitative estimate of drug-likeness (QED) is 0.622. The Labute approximate surface area is 119 Å². The molecule has 0 radical (unpaired) electrons. The lowest BCUT2D eigenvalue weighted by atomic mass is 10.1. The molecule has 3 nitrogen and oxygen atoms in total. The van der Waals surface area contributed by atoms with Gasteiger partial charge in [-0.15, -0.1) is 0 Å². The van der Waals surface area contributed by atoms with Crippen LogP contribution in [0.2, 0.25) is 0 Å². The number of hydrogen-bond acceptors (Lipinski definition) is 3. The fourth-order valence-corrected chi connectivity index (χ4v) is 1.68. The van der Waals surface area contributed by atoms with Gasteiger partial charge in [0, 0.05) is 6.20 Å². The lowest BCUT2D eigenvalue weighted by molar-refractivity contribution is -0.141. The predicted molar refractivity (Wildman–Crippen MR) is 70.1 cm³/mol. The number of alkyl halides is 3. The fraction of sp³-hybridized carbons (Fsp3) is 0.200. The SMILES string of the molecule is Cc1cccc(OC(=O)c2ccc(C(F)(F)F)nc2)c1C. The highest BCUT2D eigenvalue weighted by atomic mass is 19.4. The number of aryl methyl sites for hydroxylation is 1. The molecular formula is C15H12F3NO2. The van der Waals surface area contributed by atoms with Crippen LogP contribution in [0.4, 0.5) is 13.2 Å². The third-order valence-electron chi connectivity index (χ3n) is 3.05. The Bertz CT molecular complexity index is 664. The molecule has 0 amide bonds. The van der Waals surface area contributed by atoms with Crippen LogP contribution < -0.4 is 4.74 Å². The van der Waals surface area contributed by atoms with Crippen molar-refractivity contribution in [2.24, 2.45) is 0 Å². The molecule has 0 aliphatic rings. The molecule has 1 aromatic carbocycles. The zero-order valence-electron chi connectivity index (χ0n) is 11.4. The van der Waals surface area contributed by atoms with E-state index in [0.717, 1.165) is 29.5 Å². The summed E-state index contributed by atoms with van der Waals surface area (Å²) in [6.07, 6.45) is -3.67. The molecular weight excluding hydrogens is 283 g/mol. The number of pyridine rings is 1. The molecule has 0 saturated heterocycles. The molecule has 0 aliphatic heterocycles. The van der Waals surface area contributed by atoms with E-state index in [1.54, 1.807) is 19.1 Å². The normalized spacial score (nSPS) is 11.3. The van der Waals surface area contributed by atoms with Crippen molar-refractivity contribution in [2.45, 2.75) is 20.0 Å². The van der Waals surface area contributed by atoms with Crippen LogP contribution in [0.3, 0.4) is 0 Å². The van der Waals surface area contributed by atoms with Crippen molar-refractivity contribution >= 4 is 5.97 Å². The van der Waals surface area contributed by atoms with Gasteiger partial charge in [0.1, 0.15) is 11.4 Å². The minimum Gasteiger partial charge on any atom is -0.423 e. The van der Waals surface area contributed by atoms with E-state index in [9.17, 15) is 18.0 Å². The van der Waals surface area contributed by atoms with E-state index >= 15 is 0 Å². The summed E-state index contributed by atoms with van der Waals surface area (Å²) in [5, 5.41) is 0. The van der Waals surface area contributed by atoms with Crippen LogP contribution in [0.15, 0.2) is 36.5 Å². The van der Waals surface area contributed by atoms with Crippen molar-refractivity contribution in [3.8, 4) is 5.75 Å². The first kappa shape index (κ1) is 15.0. The van der Waals surface area contributed by atoms with Crippen molar-refractivity contribution in [3.05, 3.63) is 58.9 Å². The molecule has 0 atom stereocenters. The minimum absolute atomic E-state index is 0.0380. The van der Waals surface area contributed by atoms with Gasteiger partial charge in [-0.1, -0.05) is 12.1 Å². The zero-order chi connectivity index (χ0) is 15.6. The summed E-state index contributed by atoms with van der Waals surface area (Å²) in [7, 11) is 0. The Balaban J connectivity index is 2.19. The first-order chi connectivity index (χ1) is 9.79. The molecule has 0 saturated carbocycles. The molecule has 6 heteroatoms. The first-order valence-electron chi connectivity index (χ1n) is 6.10. The molecule has 2 rings (SSSR count). The number of esters is 1. The molecule has 0 fully saturated rings. The number of carbonyl (C=O) groups excluding carboxylic acids is 1. The number of nitrogens with zero attached hydrogens (tertiary/aromatic N) is 1. The van der Waals surface area contributed by atoms with Crippen LogP contribution in [0.5, 0.6) is 5.75 Å². The fourth-order valence-electron chi connectivity index (χ4n) is 1.68. The number of carbonyl (C=O) groups is 1. The second-order valence-corrected chi connectivity index (χ2v) is 4.52. The van der Waals surface area contributed by atoms with Crippen molar-refractivity contribution in [3.63, 3.8) is 0 Å². The average molecular weight is 295 g/mol. The number of hydrogen-bond donors (Lipinski definition) is 0. The molecule has 0 bridgehead atoms. The van der Waals surface area contributed by atoms with Gasteiger partial charge < -0.3 is 4.74 Å². The van der Waals surface area contributed by atoms with Gasteiger partial charge >= 0.3 is 12.1 Å². The predicted octanol–water partition coefficient (Wildman–Crippen LogP) is 3.94. The highest BCUT2D eigenvalue weighted by molar-refractivity contribution is 5.90. The van der Waals surface area contributed by atoms with Crippen molar-refractivity contribution in [2.75, 3.05) is 0 Å². The third-order valence-corrected chi connectivity index (χ3v) is 3.05. The van der Waals surface area contributed by atoms with Gasteiger partial charge in [-0.3, -0.25) is 4.98 Å². The summed E-state index contributed by atoms with van der Waals surface area (Å²) < 4.78 is 42.3. The number of aromatic nitrogens is 1. The Hall–Kier alpha value is -2.37.